The summed E-state index contributed by atoms with van der Waals surface area (Å²) in [4.78, 5) is 18.6. The van der Waals surface area contributed by atoms with Gasteiger partial charge in [0.05, 0.1) is 6.54 Å². The molecule has 0 bridgehead atoms. The highest BCUT2D eigenvalue weighted by atomic mass is 15.3. The smallest absolute Gasteiger partial charge is 0.194 e. The van der Waals surface area contributed by atoms with Crippen molar-refractivity contribution in [3.63, 3.8) is 0 Å². The molecule has 1 aromatic carbocycles. The monoisotopic (exact) mass is 443 g/mol. The van der Waals surface area contributed by atoms with Crippen LogP contribution in [0, 0.1) is 6.92 Å². The Morgan fingerprint density at radius 1 is 1.06 bits per heavy atom. The Balaban J connectivity index is 1.30. The van der Waals surface area contributed by atoms with Crippen LogP contribution >= 0.6 is 0 Å². The summed E-state index contributed by atoms with van der Waals surface area (Å²) in [5.41, 5.74) is 2.34. The number of guanidine groups is 1. The van der Waals surface area contributed by atoms with Crippen LogP contribution in [-0.4, -0.2) is 69.6 Å². The van der Waals surface area contributed by atoms with E-state index >= 15 is 0 Å². The zero-order valence-electron chi connectivity index (χ0n) is 19.6. The maximum Gasteiger partial charge on any atom is 0.194 e. The van der Waals surface area contributed by atoms with E-state index in [0.29, 0.717) is 6.54 Å². The number of pyridine rings is 1. The van der Waals surface area contributed by atoms with Crippen molar-refractivity contribution in [2.24, 2.45) is 4.99 Å². The number of hydrogen-bond donors (Lipinski definition) is 1. The van der Waals surface area contributed by atoms with Crippen molar-refractivity contribution in [1.29, 1.82) is 0 Å². The highest BCUT2D eigenvalue weighted by Gasteiger charge is 2.18. The van der Waals surface area contributed by atoms with E-state index in [-0.39, 0.29) is 0 Å². The van der Waals surface area contributed by atoms with Crippen molar-refractivity contribution >= 4 is 12.0 Å². The second kappa shape index (κ2) is 11.4. The summed E-state index contributed by atoms with van der Waals surface area (Å²) in [7, 11) is 0. The lowest BCUT2D eigenvalue weighted by Crippen LogP contribution is -2.52. The fraction of sp³-hybridized carbons (Fsp3) is 0.346. The first-order valence-electron chi connectivity index (χ1n) is 11.7. The van der Waals surface area contributed by atoms with Gasteiger partial charge in [0.15, 0.2) is 5.96 Å². The largest absolute Gasteiger partial charge is 0.357 e. The van der Waals surface area contributed by atoms with Crippen LogP contribution in [0.3, 0.4) is 0 Å². The number of nitrogens with zero attached hydrogens (tertiary/aromatic N) is 6. The topological polar surface area (TPSA) is 61.6 Å². The summed E-state index contributed by atoms with van der Waals surface area (Å²) in [5.74, 6) is 2.78. The van der Waals surface area contributed by atoms with Gasteiger partial charge in [0.25, 0.3) is 0 Å². The molecule has 4 rings (SSSR count). The quantitative estimate of drug-likeness (QED) is 0.448. The molecule has 0 saturated carbocycles. The first-order valence-corrected chi connectivity index (χ1v) is 11.7. The second-order valence-electron chi connectivity index (χ2n) is 8.14. The van der Waals surface area contributed by atoms with E-state index in [1.807, 2.05) is 36.0 Å². The molecule has 33 heavy (non-hydrogen) atoms. The molecule has 0 aliphatic carbocycles. The fourth-order valence-electron chi connectivity index (χ4n) is 3.91. The van der Waals surface area contributed by atoms with Crippen LogP contribution in [0.5, 0.6) is 0 Å². The second-order valence-corrected chi connectivity index (χ2v) is 8.14. The molecule has 0 atom stereocenters. The maximum atomic E-state index is 4.88. The van der Waals surface area contributed by atoms with Gasteiger partial charge in [-0.3, -0.25) is 9.47 Å². The molecule has 0 spiro atoms. The first kappa shape index (κ1) is 22.7. The Bertz CT molecular complexity index is 1050. The lowest BCUT2D eigenvalue weighted by molar-refractivity contribution is 0.194. The number of aryl methyl sites for hydroxylation is 1. The molecule has 1 fully saturated rings. The van der Waals surface area contributed by atoms with E-state index in [0.717, 1.165) is 62.4 Å². The van der Waals surface area contributed by atoms with Gasteiger partial charge in [-0.25, -0.2) is 15.0 Å². The standard InChI is InChI=1S/C26H33N7/c1-3-27-26(30-21-24-11-12-25(29-20-24)33-15-13-28-22(33)2)32-18-16-31(17-19-32)14-7-10-23-8-5-4-6-9-23/h4-13,15,20H,3,14,16-19,21H2,1-2H3,(H,27,30)/b10-7+. The van der Waals surface area contributed by atoms with Crippen molar-refractivity contribution in [2.75, 3.05) is 39.3 Å². The Labute approximate surface area is 196 Å². The lowest BCUT2D eigenvalue weighted by Gasteiger charge is -2.36. The molecule has 3 heterocycles. The molecular weight excluding hydrogens is 410 g/mol. The summed E-state index contributed by atoms with van der Waals surface area (Å²) in [6.45, 7) is 10.5. The molecule has 3 aromatic rings. The Morgan fingerprint density at radius 3 is 2.55 bits per heavy atom. The molecule has 0 amide bonds. The third-order valence-electron chi connectivity index (χ3n) is 5.77. The van der Waals surface area contributed by atoms with Crippen molar-refractivity contribution in [1.82, 2.24) is 29.7 Å². The van der Waals surface area contributed by atoms with Gasteiger partial charge in [-0.1, -0.05) is 48.6 Å². The van der Waals surface area contributed by atoms with E-state index in [9.17, 15) is 0 Å². The molecule has 7 heteroatoms. The minimum Gasteiger partial charge on any atom is -0.357 e. The van der Waals surface area contributed by atoms with Gasteiger partial charge in [-0.2, -0.15) is 0 Å². The van der Waals surface area contributed by atoms with Crippen LogP contribution in [0.4, 0.5) is 0 Å². The van der Waals surface area contributed by atoms with E-state index in [4.69, 9.17) is 4.99 Å². The number of nitrogens with one attached hydrogen (secondary N) is 1. The van der Waals surface area contributed by atoms with Crippen molar-refractivity contribution in [3.05, 3.63) is 84.1 Å². The van der Waals surface area contributed by atoms with Crippen LogP contribution in [0.25, 0.3) is 11.9 Å². The number of aromatic nitrogens is 3. The lowest BCUT2D eigenvalue weighted by atomic mass is 10.2. The SMILES string of the molecule is CCNC(=NCc1ccc(-n2ccnc2C)nc1)N1CCN(C/C=C/c2ccccc2)CC1. The van der Waals surface area contributed by atoms with Gasteiger partial charge in [-0.05, 0) is 31.0 Å². The molecule has 1 N–H and O–H groups in total. The van der Waals surface area contributed by atoms with Gasteiger partial charge in [0.1, 0.15) is 11.6 Å². The zero-order valence-corrected chi connectivity index (χ0v) is 19.6. The van der Waals surface area contributed by atoms with Gasteiger partial charge in [0, 0.05) is 57.9 Å². The highest BCUT2D eigenvalue weighted by molar-refractivity contribution is 5.80. The number of piperazine rings is 1. The van der Waals surface area contributed by atoms with Gasteiger partial charge in [0.2, 0.25) is 0 Å². The van der Waals surface area contributed by atoms with Crippen molar-refractivity contribution in [3.8, 4) is 5.82 Å². The summed E-state index contributed by atoms with van der Waals surface area (Å²) in [5, 5.41) is 3.45. The first-order chi connectivity index (χ1) is 16.2. The average molecular weight is 444 g/mol. The minimum absolute atomic E-state index is 0.610. The van der Waals surface area contributed by atoms with Crippen molar-refractivity contribution < 1.29 is 0 Å². The highest BCUT2D eigenvalue weighted by Crippen LogP contribution is 2.10. The van der Waals surface area contributed by atoms with E-state index in [2.05, 4.69) is 74.5 Å². The molecule has 1 saturated heterocycles. The van der Waals surface area contributed by atoms with Gasteiger partial charge >= 0.3 is 0 Å². The minimum atomic E-state index is 0.610. The van der Waals surface area contributed by atoms with E-state index in [1.54, 1.807) is 6.20 Å². The van der Waals surface area contributed by atoms with Crippen LogP contribution in [0.15, 0.2) is 72.1 Å². The van der Waals surface area contributed by atoms with Crippen LogP contribution in [0.2, 0.25) is 0 Å². The Morgan fingerprint density at radius 2 is 1.88 bits per heavy atom. The molecular formula is C26H33N7. The number of aliphatic imine (C=N–C) groups is 1. The molecule has 1 aliphatic rings. The number of hydrogen-bond acceptors (Lipinski definition) is 4. The Hall–Kier alpha value is -3.45. The molecule has 7 nitrogen and oxygen atoms in total. The average Bonchev–Trinajstić information content (AvgIpc) is 3.29. The summed E-state index contributed by atoms with van der Waals surface area (Å²) >= 11 is 0. The summed E-state index contributed by atoms with van der Waals surface area (Å²) in [6.07, 6.45) is 10.1. The Kier molecular flexibility index (Phi) is 7.87. The third-order valence-corrected chi connectivity index (χ3v) is 5.77. The van der Waals surface area contributed by atoms with Gasteiger partial charge < -0.3 is 10.2 Å². The van der Waals surface area contributed by atoms with Gasteiger partial charge in [-0.15, -0.1) is 0 Å². The molecule has 172 valence electrons. The summed E-state index contributed by atoms with van der Waals surface area (Å²) < 4.78 is 1.98. The predicted octanol–water partition coefficient (Wildman–Crippen LogP) is 3.37. The third kappa shape index (κ3) is 6.29. The summed E-state index contributed by atoms with van der Waals surface area (Å²) in [6, 6.07) is 14.6. The normalized spacial score (nSPS) is 15.3. The molecule has 0 radical (unpaired) electrons. The maximum absolute atomic E-state index is 4.88. The molecule has 0 unspecified atom stereocenters. The van der Waals surface area contributed by atoms with E-state index < -0.39 is 0 Å². The van der Waals surface area contributed by atoms with Crippen LogP contribution in [-0.2, 0) is 6.54 Å². The number of rotatable bonds is 7. The van der Waals surface area contributed by atoms with E-state index in [1.165, 1.54) is 5.56 Å². The predicted molar refractivity (Wildman–Crippen MR) is 134 cm³/mol. The zero-order chi connectivity index (χ0) is 22.9. The number of benzene rings is 1. The molecule has 2 aromatic heterocycles. The fourth-order valence-corrected chi connectivity index (χ4v) is 3.91. The number of imidazole rings is 1. The van der Waals surface area contributed by atoms with Crippen LogP contribution < -0.4 is 5.32 Å². The molecule has 1 aliphatic heterocycles. The van der Waals surface area contributed by atoms with Crippen molar-refractivity contribution in [2.45, 2.75) is 20.4 Å². The van der Waals surface area contributed by atoms with Crippen LogP contribution in [0.1, 0.15) is 23.9 Å².